The Bertz CT molecular complexity index is 1010. The topological polar surface area (TPSA) is 99.8 Å². The van der Waals surface area contributed by atoms with Gasteiger partial charge in [0, 0.05) is 16.3 Å². The number of anilines is 1. The first-order valence-electron chi connectivity index (χ1n) is 7.28. The van der Waals surface area contributed by atoms with Gasteiger partial charge in [-0.3, -0.25) is 4.79 Å². The maximum Gasteiger partial charge on any atom is 0.339 e. The number of nitrogens with one attached hydrogen (secondary N) is 1. The fourth-order valence-electron chi connectivity index (χ4n) is 2.27. The molecule has 26 heavy (non-hydrogen) atoms. The Hall–Kier alpha value is -2.96. The summed E-state index contributed by atoms with van der Waals surface area (Å²) in [6.45, 7) is 0. The molecule has 0 radical (unpaired) electrons. The zero-order valence-corrected chi connectivity index (χ0v) is 14.5. The Morgan fingerprint density at radius 2 is 1.77 bits per heavy atom. The predicted octanol–water partition coefficient (Wildman–Crippen LogP) is 4.91. The standard InChI is InChI=1S/C18H11Cl2NO5/c19-9-1-3-11(13(20)7-9)15-5-6-16(26-15)17(23)21-10-2-4-14(22)12(8-10)18(24)25/h1-8,22H,(H,21,23)(H,24,25). The van der Waals surface area contributed by atoms with Gasteiger partial charge in [-0.05, 0) is 48.5 Å². The quantitative estimate of drug-likeness (QED) is 0.548. The number of carbonyl (C=O) groups is 2. The van der Waals surface area contributed by atoms with Gasteiger partial charge < -0.3 is 19.9 Å². The normalized spacial score (nSPS) is 10.5. The van der Waals surface area contributed by atoms with Crippen LogP contribution in [-0.4, -0.2) is 22.1 Å². The summed E-state index contributed by atoms with van der Waals surface area (Å²) in [5, 5.41) is 21.9. The van der Waals surface area contributed by atoms with Gasteiger partial charge in [-0.2, -0.15) is 0 Å². The minimum Gasteiger partial charge on any atom is -0.507 e. The molecule has 8 heteroatoms. The van der Waals surface area contributed by atoms with Crippen molar-refractivity contribution in [2.45, 2.75) is 0 Å². The second-order valence-corrected chi connectivity index (χ2v) is 6.12. The first-order valence-corrected chi connectivity index (χ1v) is 8.03. The lowest BCUT2D eigenvalue weighted by molar-refractivity contribution is 0.0693. The van der Waals surface area contributed by atoms with Crippen LogP contribution in [-0.2, 0) is 0 Å². The van der Waals surface area contributed by atoms with Crippen molar-refractivity contribution in [3.63, 3.8) is 0 Å². The van der Waals surface area contributed by atoms with Crippen LogP contribution in [0.25, 0.3) is 11.3 Å². The molecule has 3 aromatic rings. The van der Waals surface area contributed by atoms with Crippen molar-refractivity contribution in [2.24, 2.45) is 0 Å². The number of rotatable bonds is 4. The number of amides is 1. The number of aromatic carboxylic acids is 1. The van der Waals surface area contributed by atoms with Crippen molar-refractivity contribution in [2.75, 3.05) is 5.32 Å². The summed E-state index contributed by atoms with van der Waals surface area (Å²) < 4.78 is 5.52. The van der Waals surface area contributed by atoms with Gasteiger partial charge in [0.2, 0.25) is 0 Å². The number of phenols is 1. The van der Waals surface area contributed by atoms with Gasteiger partial charge in [-0.15, -0.1) is 0 Å². The van der Waals surface area contributed by atoms with Crippen LogP contribution in [0.15, 0.2) is 52.9 Å². The lowest BCUT2D eigenvalue weighted by Gasteiger charge is -2.06. The minimum atomic E-state index is -1.31. The molecule has 3 N–H and O–H groups in total. The molecule has 0 bridgehead atoms. The highest BCUT2D eigenvalue weighted by Crippen LogP contribution is 2.31. The fraction of sp³-hybridized carbons (Fsp3) is 0. The van der Waals surface area contributed by atoms with Gasteiger partial charge >= 0.3 is 5.97 Å². The van der Waals surface area contributed by atoms with Gasteiger partial charge in [-0.25, -0.2) is 4.79 Å². The Balaban J connectivity index is 1.82. The van der Waals surface area contributed by atoms with Crippen molar-refractivity contribution in [1.29, 1.82) is 0 Å². The van der Waals surface area contributed by atoms with Crippen molar-refractivity contribution >= 4 is 40.8 Å². The zero-order valence-electron chi connectivity index (χ0n) is 13.0. The lowest BCUT2D eigenvalue weighted by atomic mass is 10.1. The van der Waals surface area contributed by atoms with Crippen molar-refractivity contribution in [3.05, 3.63) is 69.9 Å². The zero-order chi connectivity index (χ0) is 18.8. The minimum absolute atomic E-state index is 0.0102. The van der Waals surface area contributed by atoms with Gasteiger partial charge in [0.05, 0.1) is 5.02 Å². The molecule has 1 aromatic heterocycles. The largest absolute Gasteiger partial charge is 0.507 e. The molecule has 1 heterocycles. The van der Waals surface area contributed by atoms with Gasteiger partial charge in [-0.1, -0.05) is 23.2 Å². The number of carboxylic acids is 1. The number of benzene rings is 2. The predicted molar refractivity (Wildman–Crippen MR) is 97.2 cm³/mol. The SMILES string of the molecule is O=C(Nc1ccc(O)c(C(=O)O)c1)c1ccc(-c2ccc(Cl)cc2Cl)o1. The van der Waals surface area contributed by atoms with E-state index in [1.807, 2.05) is 0 Å². The van der Waals surface area contributed by atoms with Crippen LogP contribution in [0.1, 0.15) is 20.9 Å². The smallest absolute Gasteiger partial charge is 0.339 e. The van der Waals surface area contributed by atoms with E-state index in [0.717, 1.165) is 6.07 Å². The summed E-state index contributed by atoms with van der Waals surface area (Å²) in [6, 6.07) is 11.6. The van der Waals surface area contributed by atoms with E-state index < -0.39 is 17.6 Å². The van der Waals surface area contributed by atoms with Crippen LogP contribution >= 0.6 is 23.2 Å². The number of hydrogen-bond acceptors (Lipinski definition) is 4. The maximum atomic E-state index is 12.3. The molecular formula is C18H11Cl2NO5. The van der Waals surface area contributed by atoms with E-state index in [4.69, 9.17) is 32.7 Å². The summed E-state index contributed by atoms with van der Waals surface area (Å²) in [6.07, 6.45) is 0. The average molecular weight is 392 g/mol. The maximum absolute atomic E-state index is 12.3. The Labute approximate surface area is 157 Å². The highest BCUT2D eigenvalue weighted by Gasteiger charge is 2.16. The first-order chi connectivity index (χ1) is 12.3. The molecule has 0 saturated carbocycles. The van der Waals surface area contributed by atoms with Crippen molar-refractivity contribution in [3.8, 4) is 17.1 Å². The molecule has 2 aromatic carbocycles. The second-order valence-electron chi connectivity index (χ2n) is 5.28. The van der Waals surface area contributed by atoms with E-state index in [0.29, 0.717) is 21.4 Å². The summed E-state index contributed by atoms with van der Waals surface area (Å²) in [5.74, 6) is -1.89. The van der Waals surface area contributed by atoms with Gasteiger partial charge in [0.15, 0.2) is 5.76 Å². The second kappa shape index (κ2) is 7.11. The van der Waals surface area contributed by atoms with Crippen LogP contribution < -0.4 is 5.32 Å². The molecular weight excluding hydrogens is 381 g/mol. The number of aromatic hydroxyl groups is 1. The molecule has 3 rings (SSSR count). The van der Waals surface area contributed by atoms with E-state index in [-0.39, 0.29) is 17.0 Å². The monoisotopic (exact) mass is 391 g/mol. The van der Waals surface area contributed by atoms with Crippen LogP contribution in [0.2, 0.25) is 10.0 Å². The number of carboxylic acid groups (broad SMARTS) is 1. The number of halogens is 2. The Morgan fingerprint density at radius 1 is 1.00 bits per heavy atom. The average Bonchev–Trinajstić information content (AvgIpc) is 3.06. The van der Waals surface area contributed by atoms with Crippen molar-refractivity contribution < 1.29 is 24.2 Å². The molecule has 0 aliphatic carbocycles. The molecule has 0 aliphatic rings. The molecule has 0 unspecified atom stereocenters. The molecule has 0 spiro atoms. The van der Waals surface area contributed by atoms with E-state index in [9.17, 15) is 14.7 Å². The van der Waals surface area contributed by atoms with E-state index in [1.54, 1.807) is 24.3 Å². The van der Waals surface area contributed by atoms with Crippen LogP contribution in [0, 0.1) is 0 Å². The highest BCUT2D eigenvalue weighted by atomic mass is 35.5. The van der Waals surface area contributed by atoms with Crippen LogP contribution in [0.3, 0.4) is 0 Å². The van der Waals surface area contributed by atoms with Crippen LogP contribution in [0.4, 0.5) is 5.69 Å². The molecule has 0 fully saturated rings. The van der Waals surface area contributed by atoms with Crippen molar-refractivity contribution in [1.82, 2.24) is 0 Å². The number of hydrogen-bond donors (Lipinski definition) is 3. The third kappa shape index (κ3) is 3.66. The molecule has 132 valence electrons. The number of furan rings is 1. The van der Waals surface area contributed by atoms with E-state index in [2.05, 4.69) is 5.32 Å². The summed E-state index contributed by atoms with van der Waals surface area (Å²) in [7, 11) is 0. The lowest BCUT2D eigenvalue weighted by Crippen LogP contribution is -2.11. The van der Waals surface area contributed by atoms with E-state index in [1.165, 1.54) is 18.2 Å². The first kappa shape index (κ1) is 17.8. The molecule has 0 aliphatic heterocycles. The molecule has 6 nitrogen and oxygen atoms in total. The fourth-order valence-corrected chi connectivity index (χ4v) is 2.77. The summed E-state index contributed by atoms with van der Waals surface area (Å²) in [5.41, 5.74) is 0.455. The third-order valence-corrected chi connectivity index (χ3v) is 4.06. The summed E-state index contributed by atoms with van der Waals surface area (Å²) in [4.78, 5) is 23.3. The molecule has 1 amide bonds. The Morgan fingerprint density at radius 3 is 2.46 bits per heavy atom. The third-order valence-electron chi connectivity index (χ3n) is 3.51. The molecule has 0 saturated heterocycles. The molecule has 0 atom stereocenters. The highest BCUT2D eigenvalue weighted by molar-refractivity contribution is 6.36. The summed E-state index contributed by atoms with van der Waals surface area (Å²) >= 11 is 12.0. The van der Waals surface area contributed by atoms with Gasteiger partial charge in [0.25, 0.3) is 5.91 Å². The van der Waals surface area contributed by atoms with Crippen LogP contribution in [0.5, 0.6) is 5.75 Å². The Kier molecular flexibility index (Phi) is 4.88. The number of carbonyl (C=O) groups excluding carboxylic acids is 1. The van der Waals surface area contributed by atoms with E-state index >= 15 is 0 Å². The van der Waals surface area contributed by atoms with Gasteiger partial charge in [0.1, 0.15) is 17.1 Å².